The summed E-state index contributed by atoms with van der Waals surface area (Å²) in [6, 6.07) is 17.7. The van der Waals surface area contributed by atoms with Gasteiger partial charge in [-0.1, -0.05) is 54.1 Å². The van der Waals surface area contributed by atoms with Gasteiger partial charge in [-0.15, -0.1) is 0 Å². The lowest BCUT2D eigenvalue weighted by atomic mass is 9.74. The Balaban J connectivity index is 1.55. The van der Waals surface area contributed by atoms with E-state index in [1.807, 2.05) is 4.90 Å². The first kappa shape index (κ1) is 21.0. The number of fused-ring (bicyclic) bond motifs is 1. The van der Waals surface area contributed by atoms with Gasteiger partial charge in [0.25, 0.3) is 0 Å². The van der Waals surface area contributed by atoms with Crippen molar-refractivity contribution in [3.8, 4) is 11.1 Å². The lowest BCUT2D eigenvalue weighted by Crippen LogP contribution is -2.68. The van der Waals surface area contributed by atoms with E-state index in [0.717, 1.165) is 25.9 Å². The van der Waals surface area contributed by atoms with E-state index in [4.69, 9.17) is 4.74 Å². The summed E-state index contributed by atoms with van der Waals surface area (Å²) in [6.45, 7) is 4.84. The lowest BCUT2D eigenvalue weighted by Gasteiger charge is -2.57. The van der Waals surface area contributed by atoms with Crippen molar-refractivity contribution in [1.29, 1.82) is 0 Å². The highest BCUT2D eigenvalue weighted by atomic mass is 16.5. The molecule has 1 amide bonds. The number of carbonyl (C=O) groups excluding carboxylic acids is 1. The Morgan fingerprint density at radius 3 is 2.30 bits per heavy atom. The molecule has 5 nitrogen and oxygen atoms in total. The molecule has 0 radical (unpaired) electrons. The first-order valence-corrected chi connectivity index (χ1v) is 10.9. The fourth-order valence-electron chi connectivity index (χ4n) is 5.03. The van der Waals surface area contributed by atoms with Crippen LogP contribution in [0.25, 0.3) is 11.1 Å². The van der Waals surface area contributed by atoms with Gasteiger partial charge in [0.2, 0.25) is 5.91 Å². The van der Waals surface area contributed by atoms with Crippen LogP contribution in [0.3, 0.4) is 0 Å². The Morgan fingerprint density at radius 2 is 1.67 bits per heavy atom. The van der Waals surface area contributed by atoms with E-state index in [1.54, 1.807) is 7.11 Å². The maximum absolute atomic E-state index is 12.5. The molecule has 0 aromatic heterocycles. The van der Waals surface area contributed by atoms with Gasteiger partial charge in [-0.2, -0.15) is 0 Å². The molecule has 1 N–H and O–H groups in total. The number of rotatable bonds is 5. The van der Waals surface area contributed by atoms with Crippen LogP contribution in [0.1, 0.15) is 29.9 Å². The standard InChI is InChI=1S/C25H32N2O3/c1-18-5-7-19(8-6-18)20-9-11-21(12-10-20)25-22-15-26(24(29)17-30-2)13-3-4-14-27(22)23(25)16-28/h5-12,22-23,25,28H,3-4,13-17H2,1-2H3/t22-,23-,25+/m1/s1. The van der Waals surface area contributed by atoms with Gasteiger partial charge in [0, 0.05) is 38.2 Å². The second kappa shape index (κ2) is 9.29. The normalized spacial score (nSPS) is 24.5. The number of aliphatic hydroxyl groups excluding tert-OH is 1. The molecule has 0 saturated carbocycles. The number of methoxy groups -OCH3 is 1. The van der Waals surface area contributed by atoms with Crippen molar-refractivity contribution in [3.63, 3.8) is 0 Å². The number of amides is 1. The number of benzene rings is 2. The average molecular weight is 409 g/mol. The predicted molar refractivity (Wildman–Crippen MR) is 118 cm³/mol. The Hall–Kier alpha value is -2.21. The molecule has 2 aromatic carbocycles. The lowest BCUT2D eigenvalue weighted by molar-refractivity contribution is -0.140. The first-order chi connectivity index (χ1) is 14.6. The number of hydrogen-bond acceptors (Lipinski definition) is 4. The van der Waals surface area contributed by atoms with Crippen LogP contribution in [0, 0.1) is 6.92 Å². The van der Waals surface area contributed by atoms with E-state index in [2.05, 4.69) is 60.4 Å². The van der Waals surface area contributed by atoms with Crippen LogP contribution in [-0.4, -0.2) is 72.9 Å². The molecule has 2 fully saturated rings. The minimum Gasteiger partial charge on any atom is -0.395 e. The van der Waals surface area contributed by atoms with Crippen molar-refractivity contribution >= 4 is 5.91 Å². The second-order valence-electron chi connectivity index (χ2n) is 8.55. The quantitative estimate of drug-likeness (QED) is 0.826. The van der Waals surface area contributed by atoms with Crippen LogP contribution in [0.4, 0.5) is 0 Å². The highest BCUT2D eigenvalue weighted by molar-refractivity contribution is 5.77. The zero-order valence-electron chi connectivity index (χ0n) is 18.0. The molecule has 0 spiro atoms. The molecular weight excluding hydrogens is 376 g/mol. The summed E-state index contributed by atoms with van der Waals surface area (Å²) >= 11 is 0. The minimum absolute atomic E-state index is 0.0558. The molecule has 2 aliphatic heterocycles. The largest absolute Gasteiger partial charge is 0.395 e. The summed E-state index contributed by atoms with van der Waals surface area (Å²) in [5.41, 5.74) is 4.91. The van der Waals surface area contributed by atoms with E-state index in [1.165, 1.54) is 22.3 Å². The Labute approximate surface area is 179 Å². The molecule has 2 heterocycles. The van der Waals surface area contributed by atoms with Gasteiger partial charge in [0.1, 0.15) is 6.61 Å². The number of hydrogen-bond donors (Lipinski definition) is 1. The zero-order valence-corrected chi connectivity index (χ0v) is 18.0. The summed E-state index contributed by atoms with van der Waals surface area (Å²) in [5, 5.41) is 10.1. The number of aryl methyl sites for hydroxylation is 1. The van der Waals surface area contributed by atoms with Crippen molar-refractivity contribution in [2.45, 2.75) is 37.8 Å². The summed E-state index contributed by atoms with van der Waals surface area (Å²) in [4.78, 5) is 16.8. The maximum Gasteiger partial charge on any atom is 0.248 e. The molecule has 0 bridgehead atoms. The fourth-order valence-corrected chi connectivity index (χ4v) is 5.03. The third-order valence-corrected chi connectivity index (χ3v) is 6.67. The number of aliphatic hydroxyl groups is 1. The zero-order chi connectivity index (χ0) is 21.1. The predicted octanol–water partition coefficient (Wildman–Crippen LogP) is 3.06. The molecule has 2 aliphatic rings. The van der Waals surface area contributed by atoms with Crippen LogP contribution in [0.2, 0.25) is 0 Å². The molecule has 4 rings (SSSR count). The van der Waals surface area contributed by atoms with Crippen molar-refractivity contribution in [2.75, 3.05) is 40.0 Å². The molecule has 30 heavy (non-hydrogen) atoms. The van der Waals surface area contributed by atoms with Crippen molar-refractivity contribution in [1.82, 2.24) is 9.80 Å². The van der Waals surface area contributed by atoms with E-state index in [9.17, 15) is 9.90 Å². The molecule has 2 aromatic rings. The monoisotopic (exact) mass is 408 g/mol. The Kier molecular flexibility index (Phi) is 6.52. The summed E-state index contributed by atoms with van der Waals surface area (Å²) in [7, 11) is 1.57. The van der Waals surface area contributed by atoms with Crippen molar-refractivity contribution in [3.05, 3.63) is 59.7 Å². The molecule has 0 aliphatic carbocycles. The van der Waals surface area contributed by atoms with Gasteiger partial charge in [-0.05, 0) is 43.0 Å². The summed E-state index contributed by atoms with van der Waals surface area (Å²) in [5.74, 6) is 0.290. The Morgan fingerprint density at radius 1 is 1.03 bits per heavy atom. The van der Waals surface area contributed by atoms with Crippen molar-refractivity contribution in [2.24, 2.45) is 0 Å². The highest BCUT2D eigenvalue weighted by Crippen LogP contribution is 2.42. The third kappa shape index (κ3) is 4.15. The molecule has 5 heteroatoms. The van der Waals surface area contributed by atoms with Gasteiger partial charge in [-0.3, -0.25) is 9.69 Å². The van der Waals surface area contributed by atoms with Crippen LogP contribution in [0.15, 0.2) is 48.5 Å². The first-order valence-electron chi connectivity index (χ1n) is 10.9. The fraction of sp³-hybridized carbons (Fsp3) is 0.480. The van der Waals surface area contributed by atoms with Crippen LogP contribution >= 0.6 is 0 Å². The minimum atomic E-state index is 0.0558. The smallest absolute Gasteiger partial charge is 0.248 e. The number of carbonyl (C=O) groups is 1. The molecular formula is C25H32N2O3. The molecule has 160 valence electrons. The molecule has 3 atom stereocenters. The summed E-state index contributed by atoms with van der Waals surface area (Å²) < 4.78 is 5.08. The van der Waals surface area contributed by atoms with E-state index in [0.29, 0.717) is 6.54 Å². The van der Waals surface area contributed by atoms with E-state index >= 15 is 0 Å². The van der Waals surface area contributed by atoms with Gasteiger partial charge >= 0.3 is 0 Å². The van der Waals surface area contributed by atoms with Crippen LogP contribution in [-0.2, 0) is 9.53 Å². The topological polar surface area (TPSA) is 53.0 Å². The highest BCUT2D eigenvalue weighted by Gasteiger charge is 2.49. The number of nitrogens with zero attached hydrogens (tertiary/aromatic N) is 2. The van der Waals surface area contributed by atoms with Crippen molar-refractivity contribution < 1.29 is 14.6 Å². The van der Waals surface area contributed by atoms with Gasteiger partial charge in [0.15, 0.2) is 0 Å². The maximum atomic E-state index is 12.5. The van der Waals surface area contributed by atoms with Crippen LogP contribution < -0.4 is 0 Å². The average Bonchev–Trinajstić information content (AvgIpc) is 2.74. The molecule has 2 saturated heterocycles. The third-order valence-electron chi connectivity index (χ3n) is 6.67. The number of ether oxygens (including phenoxy) is 1. The van der Waals surface area contributed by atoms with Gasteiger partial charge in [0.05, 0.1) is 6.61 Å². The SMILES string of the molecule is COCC(=O)N1CCCCN2[C@H](CO)[C@@H](c3ccc(-c4ccc(C)cc4)cc3)[C@H]2C1. The van der Waals surface area contributed by atoms with Gasteiger partial charge < -0.3 is 14.7 Å². The van der Waals surface area contributed by atoms with E-state index in [-0.39, 0.29) is 37.1 Å². The molecule has 0 unspecified atom stereocenters. The van der Waals surface area contributed by atoms with Gasteiger partial charge in [-0.25, -0.2) is 0 Å². The second-order valence-corrected chi connectivity index (χ2v) is 8.55. The van der Waals surface area contributed by atoms with E-state index < -0.39 is 0 Å². The summed E-state index contributed by atoms with van der Waals surface area (Å²) in [6.07, 6.45) is 2.04. The Bertz CT molecular complexity index is 850. The van der Waals surface area contributed by atoms with Crippen LogP contribution in [0.5, 0.6) is 0 Å².